The zero-order valence-electron chi connectivity index (χ0n) is 11.3. The summed E-state index contributed by atoms with van der Waals surface area (Å²) in [5.41, 5.74) is 0. The Morgan fingerprint density at radius 2 is 2.30 bits per heavy atom. The predicted molar refractivity (Wildman–Crippen MR) is 69.8 cm³/mol. The van der Waals surface area contributed by atoms with Crippen LogP contribution in [0.1, 0.15) is 6.92 Å². The predicted octanol–water partition coefficient (Wildman–Crippen LogP) is -1.39. The summed E-state index contributed by atoms with van der Waals surface area (Å²) >= 11 is 0. The summed E-state index contributed by atoms with van der Waals surface area (Å²) in [5.74, 6) is -1.14. The molecule has 0 radical (unpaired) electrons. The lowest BCUT2D eigenvalue weighted by atomic mass is 10.4. The molecule has 0 aromatic carbocycles. The molecule has 1 unspecified atom stereocenters. The minimum absolute atomic E-state index is 0.116. The van der Waals surface area contributed by atoms with Crippen LogP contribution in [0.25, 0.3) is 0 Å². The van der Waals surface area contributed by atoms with Crippen LogP contribution in [0.2, 0.25) is 0 Å². The lowest BCUT2D eigenvalue weighted by Crippen LogP contribution is -2.36. The SMILES string of the molecule is CC(O)COC(=O)C=CC(=O)NCCN1CCNC1=O. The van der Waals surface area contributed by atoms with E-state index in [1.165, 1.54) is 6.92 Å². The Hall–Kier alpha value is -2.09. The van der Waals surface area contributed by atoms with Crippen LogP contribution in [0.4, 0.5) is 4.79 Å². The van der Waals surface area contributed by atoms with Gasteiger partial charge in [0.05, 0.1) is 6.10 Å². The van der Waals surface area contributed by atoms with Crippen LogP contribution < -0.4 is 10.6 Å². The summed E-state index contributed by atoms with van der Waals surface area (Å²) < 4.78 is 4.64. The van der Waals surface area contributed by atoms with Crippen molar-refractivity contribution in [3.8, 4) is 0 Å². The van der Waals surface area contributed by atoms with Gasteiger partial charge in [-0.05, 0) is 6.92 Å². The van der Waals surface area contributed by atoms with Gasteiger partial charge in [0.2, 0.25) is 5.91 Å². The first-order valence-corrected chi connectivity index (χ1v) is 6.32. The Bertz CT molecular complexity index is 395. The van der Waals surface area contributed by atoms with Crippen LogP contribution in [-0.2, 0) is 14.3 Å². The molecule has 1 aliphatic rings. The van der Waals surface area contributed by atoms with E-state index < -0.39 is 18.0 Å². The Kier molecular flexibility index (Phi) is 6.51. The fraction of sp³-hybridized carbons (Fsp3) is 0.583. The van der Waals surface area contributed by atoms with Crippen LogP contribution in [0, 0.1) is 0 Å². The minimum atomic E-state index is -0.743. The average Bonchev–Trinajstić information content (AvgIpc) is 2.79. The third-order valence-electron chi connectivity index (χ3n) is 2.46. The summed E-state index contributed by atoms with van der Waals surface area (Å²) in [7, 11) is 0. The van der Waals surface area contributed by atoms with Crippen molar-refractivity contribution in [1.82, 2.24) is 15.5 Å². The van der Waals surface area contributed by atoms with Crippen molar-refractivity contribution >= 4 is 17.9 Å². The third kappa shape index (κ3) is 6.19. The van der Waals surface area contributed by atoms with Crippen molar-refractivity contribution in [2.24, 2.45) is 0 Å². The number of aliphatic hydroxyl groups excluding tert-OH is 1. The van der Waals surface area contributed by atoms with Crippen molar-refractivity contribution in [3.05, 3.63) is 12.2 Å². The number of rotatable bonds is 7. The van der Waals surface area contributed by atoms with Crippen LogP contribution in [0.5, 0.6) is 0 Å². The second-order valence-corrected chi connectivity index (χ2v) is 4.32. The van der Waals surface area contributed by atoms with Gasteiger partial charge in [-0.3, -0.25) is 4.79 Å². The maximum atomic E-state index is 11.4. The van der Waals surface area contributed by atoms with Crippen molar-refractivity contribution in [1.29, 1.82) is 0 Å². The van der Waals surface area contributed by atoms with Crippen molar-refractivity contribution in [2.45, 2.75) is 13.0 Å². The molecule has 1 saturated heterocycles. The largest absolute Gasteiger partial charge is 0.460 e. The number of hydrogen-bond donors (Lipinski definition) is 3. The first kappa shape index (κ1) is 16.0. The molecule has 1 fully saturated rings. The van der Waals surface area contributed by atoms with E-state index in [1.54, 1.807) is 4.90 Å². The Labute approximate surface area is 116 Å². The highest BCUT2D eigenvalue weighted by Crippen LogP contribution is 1.94. The smallest absolute Gasteiger partial charge is 0.331 e. The Morgan fingerprint density at radius 3 is 2.90 bits per heavy atom. The summed E-state index contributed by atoms with van der Waals surface area (Å²) in [6.45, 7) is 3.32. The number of carbonyl (C=O) groups is 3. The second kappa shape index (κ2) is 8.16. The lowest BCUT2D eigenvalue weighted by Gasteiger charge is -2.13. The van der Waals surface area contributed by atoms with Gasteiger partial charge in [-0.15, -0.1) is 0 Å². The molecule has 8 heteroatoms. The van der Waals surface area contributed by atoms with E-state index in [0.717, 1.165) is 12.2 Å². The van der Waals surface area contributed by atoms with Gasteiger partial charge in [-0.2, -0.15) is 0 Å². The highest BCUT2D eigenvalue weighted by Gasteiger charge is 2.18. The highest BCUT2D eigenvalue weighted by atomic mass is 16.5. The quantitative estimate of drug-likeness (QED) is 0.394. The van der Waals surface area contributed by atoms with Gasteiger partial charge < -0.3 is 25.4 Å². The normalized spacial score (nSPS) is 16.1. The van der Waals surface area contributed by atoms with Gasteiger partial charge in [0.15, 0.2) is 0 Å². The number of urea groups is 1. The molecule has 112 valence electrons. The summed E-state index contributed by atoms with van der Waals surface area (Å²) in [6.07, 6.45) is 1.29. The summed E-state index contributed by atoms with van der Waals surface area (Å²) in [5, 5.41) is 14.1. The molecule has 0 saturated carbocycles. The van der Waals surface area contributed by atoms with Gasteiger partial charge in [0.1, 0.15) is 6.61 Å². The first-order valence-electron chi connectivity index (χ1n) is 6.32. The third-order valence-corrected chi connectivity index (χ3v) is 2.46. The number of esters is 1. The molecule has 8 nitrogen and oxygen atoms in total. The van der Waals surface area contributed by atoms with Gasteiger partial charge in [0.25, 0.3) is 0 Å². The highest BCUT2D eigenvalue weighted by molar-refractivity contribution is 5.94. The second-order valence-electron chi connectivity index (χ2n) is 4.32. The molecule has 20 heavy (non-hydrogen) atoms. The number of amides is 3. The molecule has 3 amide bonds. The summed E-state index contributed by atoms with van der Waals surface area (Å²) in [6, 6.07) is -0.142. The number of hydrogen-bond acceptors (Lipinski definition) is 5. The van der Waals surface area contributed by atoms with E-state index in [0.29, 0.717) is 26.2 Å². The number of nitrogens with zero attached hydrogens (tertiary/aromatic N) is 1. The van der Waals surface area contributed by atoms with E-state index in [-0.39, 0.29) is 12.6 Å². The van der Waals surface area contributed by atoms with Gasteiger partial charge in [-0.1, -0.05) is 0 Å². The number of carbonyl (C=O) groups excluding carboxylic acids is 3. The van der Waals surface area contributed by atoms with E-state index in [9.17, 15) is 14.4 Å². The van der Waals surface area contributed by atoms with Crippen molar-refractivity contribution < 1.29 is 24.2 Å². The van der Waals surface area contributed by atoms with Crippen molar-refractivity contribution in [3.63, 3.8) is 0 Å². The molecule has 1 aliphatic heterocycles. The van der Waals surface area contributed by atoms with Crippen molar-refractivity contribution in [2.75, 3.05) is 32.8 Å². The van der Waals surface area contributed by atoms with Crippen LogP contribution in [0.3, 0.4) is 0 Å². The summed E-state index contributed by atoms with van der Waals surface area (Å²) in [4.78, 5) is 35.3. The topological polar surface area (TPSA) is 108 Å². The molecule has 0 aliphatic carbocycles. The fourth-order valence-corrected chi connectivity index (χ4v) is 1.49. The average molecular weight is 285 g/mol. The van der Waals surface area contributed by atoms with Crippen LogP contribution in [-0.4, -0.2) is 66.8 Å². The van der Waals surface area contributed by atoms with Gasteiger partial charge in [0, 0.05) is 38.3 Å². The number of ether oxygens (including phenoxy) is 1. The maximum absolute atomic E-state index is 11.4. The zero-order valence-corrected chi connectivity index (χ0v) is 11.3. The molecular weight excluding hydrogens is 266 g/mol. The van der Waals surface area contributed by atoms with E-state index >= 15 is 0 Å². The van der Waals surface area contributed by atoms with Crippen LogP contribution in [0.15, 0.2) is 12.2 Å². The van der Waals surface area contributed by atoms with E-state index in [2.05, 4.69) is 15.4 Å². The molecule has 0 spiro atoms. The molecule has 1 rings (SSSR count). The molecule has 1 atom stereocenters. The molecule has 0 aromatic heterocycles. The molecule has 3 N–H and O–H groups in total. The lowest BCUT2D eigenvalue weighted by molar-refractivity contribution is -0.140. The Balaban J connectivity index is 2.16. The molecule has 0 bridgehead atoms. The van der Waals surface area contributed by atoms with E-state index in [1.807, 2.05) is 0 Å². The molecule has 1 heterocycles. The molecule has 0 aromatic rings. The standard InChI is InChI=1S/C12H19N3O5/c1-9(16)8-20-11(18)3-2-10(17)13-4-6-15-7-5-14-12(15)19/h2-3,9,16H,4-8H2,1H3,(H,13,17)(H,14,19). The molecular formula is C12H19N3O5. The van der Waals surface area contributed by atoms with E-state index in [4.69, 9.17) is 5.11 Å². The van der Waals surface area contributed by atoms with Crippen LogP contribution >= 0.6 is 0 Å². The minimum Gasteiger partial charge on any atom is -0.460 e. The first-order chi connectivity index (χ1) is 9.49. The monoisotopic (exact) mass is 285 g/mol. The maximum Gasteiger partial charge on any atom is 0.331 e. The number of nitrogens with one attached hydrogen (secondary N) is 2. The van der Waals surface area contributed by atoms with Gasteiger partial charge in [-0.25, -0.2) is 9.59 Å². The Morgan fingerprint density at radius 1 is 1.55 bits per heavy atom. The number of aliphatic hydroxyl groups is 1. The van der Waals surface area contributed by atoms with Gasteiger partial charge >= 0.3 is 12.0 Å². The fourth-order valence-electron chi connectivity index (χ4n) is 1.49. The zero-order chi connectivity index (χ0) is 15.0.